The van der Waals surface area contributed by atoms with Gasteiger partial charge in [-0.15, -0.1) is 0 Å². The Kier molecular flexibility index (Phi) is 4.70. The van der Waals surface area contributed by atoms with Crippen molar-refractivity contribution in [2.75, 3.05) is 0 Å². The van der Waals surface area contributed by atoms with Gasteiger partial charge in [-0.25, -0.2) is 13.2 Å². The molecule has 0 saturated heterocycles. The predicted octanol–water partition coefficient (Wildman–Crippen LogP) is 4.76. The van der Waals surface area contributed by atoms with Gasteiger partial charge in [-0.2, -0.15) is 0 Å². The normalized spacial score (nSPS) is 22.9. The summed E-state index contributed by atoms with van der Waals surface area (Å²) in [6.45, 7) is 5.21. The molecule has 0 aliphatic heterocycles. The topological polar surface area (TPSA) is 26.3 Å². The van der Waals surface area contributed by atoms with Crippen molar-refractivity contribution in [3.63, 3.8) is 0 Å². The fourth-order valence-corrected chi connectivity index (χ4v) is 3.08. The van der Waals surface area contributed by atoms with Crippen molar-refractivity contribution < 1.29 is 22.7 Å². The number of allylic oxidation sites excluding steroid dienone is 2. The summed E-state index contributed by atoms with van der Waals surface area (Å²) in [6.07, 6.45) is 3.78. The number of benzene rings is 1. The Bertz CT molecular complexity index is 615. The van der Waals surface area contributed by atoms with Gasteiger partial charge in [0.1, 0.15) is 12.4 Å². The first-order valence-electron chi connectivity index (χ1n) is 6.83. The van der Waals surface area contributed by atoms with E-state index in [9.17, 15) is 18.0 Å². The molecule has 1 aliphatic carbocycles. The lowest BCUT2D eigenvalue weighted by atomic mass is 10.1. The van der Waals surface area contributed by atoms with Crippen molar-refractivity contribution in [2.45, 2.75) is 27.4 Å². The van der Waals surface area contributed by atoms with Crippen LogP contribution in [-0.4, -0.2) is 5.97 Å². The minimum Gasteiger partial charge on any atom is -0.460 e. The second-order valence-electron chi connectivity index (χ2n) is 5.91. The van der Waals surface area contributed by atoms with Crippen molar-refractivity contribution in [3.8, 4) is 0 Å². The largest absolute Gasteiger partial charge is 0.460 e. The van der Waals surface area contributed by atoms with Crippen molar-refractivity contribution in [1.82, 2.24) is 0 Å². The summed E-state index contributed by atoms with van der Waals surface area (Å²) in [5.41, 5.74) is -0.570. The Morgan fingerprint density at radius 1 is 1.36 bits per heavy atom. The maximum absolute atomic E-state index is 13.7. The number of hydrogen-bond acceptors (Lipinski definition) is 2. The van der Waals surface area contributed by atoms with Crippen LogP contribution in [0, 0.1) is 34.7 Å². The fraction of sp³-hybridized carbons (Fsp3) is 0.438. The molecule has 0 spiro atoms. The number of hydrogen-bond donors (Lipinski definition) is 0. The first-order chi connectivity index (χ1) is 10.2. The maximum atomic E-state index is 13.7. The molecule has 0 radical (unpaired) electrons. The molecule has 0 bridgehead atoms. The predicted molar refractivity (Wildman–Crippen MR) is 79.4 cm³/mol. The molecular weight excluding hydrogens is 361 g/mol. The molecule has 2 nitrogen and oxygen atoms in total. The highest BCUT2D eigenvalue weighted by molar-refractivity contribution is 9.10. The van der Waals surface area contributed by atoms with E-state index in [1.807, 2.05) is 32.9 Å². The van der Waals surface area contributed by atoms with Gasteiger partial charge in [0, 0.05) is 11.6 Å². The van der Waals surface area contributed by atoms with E-state index in [0.717, 1.165) is 0 Å². The summed E-state index contributed by atoms with van der Waals surface area (Å²) in [6, 6.07) is 0.441. The zero-order valence-corrected chi connectivity index (χ0v) is 14.0. The van der Waals surface area contributed by atoms with Crippen LogP contribution >= 0.6 is 15.9 Å². The molecule has 2 rings (SSSR count). The molecule has 0 amide bonds. The first-order valence-corrected chi connectivity index (χ1v) is 7.62. The van der Waals surface area contributed by atoms with Gasteiger partial charge < -0.3 is 4.74 Å². The molecule has 1 aliphatic rings. The molecule has 0 unspecified atom stereocenters. The van der Waals surface area contributed by atoms with Gasteiger partial charge in [0.25, 0.3) is 0 Å². The monoisotopic (exact) mass is 376 g/mol. The molecule has 1 aromatic rings. The molecule has 1 saturated carbocycles. The molecule has 0 aromatic heterocycles. The van der Waals surface area contributed by atoms with E-state index < -0.39 is 30.0 Å². The molecule has 22 heavy (non-hydrogen) atoms. The Morgan fingerprint density at radius 3 is 2.59 bits per heavy atom. The van der Waals surface area contributed by atoms with Crippen molar-refractivity contribution in [2.24, 2.45) is 17.3 Å². The third kappa shape index (κ3) is 2.93. The Labute approximate surface area is 135 Å². The molecule has 1 aromatic carbocycles. The Hall–Kier alpha value is -1.30. The van der Waals surface area contributed by atoms with Crippen LogP contribution < -0.4 is 0 Å². The van der Waals surface area contributed by atoms with Gasteiger partial charge in [0.05, 0.1) is 10.4 Å². The van der Waals surface area contributed by atoms with Crippen LogP contribution in [-0.2, 0) is 16.1 Å². The quantitative estimate of drug-likeness (QED) is 0.430. The van der Waals surface area contributed by atoms with E-state index >= 15 is 0 Å². The summed E-state index contributed by atoms with van der Waals surface area (Å²) < 4.78 is 45.1. The fourth-order valence-electron chi connectivity index (χ4n) is 2.68. The van der Waals surface area contributed by atoms with E-state index in [-0.39, 0.29) is 27.3 Å². The van der Waals surface area contributed by atoms with Gasteiger partial charge in [0.15, 0.2) is 11.6 Å². The van der Waals surface area contributed by atoms with Crippen molar-refractivity contribution in [1.29, 1.82) is 0 Å². The third-order valence-electron chi connectivity index (χ3n) is 4.13. The highest BCUT2D eigenvalue weighted by Crippen LogP contribution is 2.59. The van der Waals surface area contributed by atoms with E-state index in [1.54, 1.807) is 0 Å². The summed E-state index contributed by atoms with van der Waals surface area (Å²) in [7, 11) is 0. The second kappa shape index (κ2) is 6.07. The lowest BCUT2D eigenvalue weighted by molar-refractivity contribution is -0.147. The lowest BCUT2D eigenvalue weighted by Gasteiger charge is -2.10. The van der Waals surface area contributed by atoms with Crippen LogP contribution in [0.1, 0.15) is 26.3 Å². The number of ether oxygens (including phenoxy) is 1. The molecule has 0 heterocycles. The summed E-state index contributed by atoms with van der Waals surface area (Å²) in [4.78, 5) is 12.1. The van der Waals surface area contributed by atoms with E-state index in [4.69, 9.17) is 4.74 Å². The number of carbonyl (C=O) groups excluding carboxylic acids is 1. The standard InChI is InChI=1S/C16H16BrF3O2/c1-4-5-9-12(16(9,2)3)15(21)22-7-8-13(17)10(18)6-11(19)14(8)20/h4-6,9,12H,7H2,1-3H3/t9-,12+/m1/s1. The zero-order valence-electron chi connectivity index (χ0n) is 12.4. The van der Waals surface area contributed by atoms with Gasteiger partial charge in [-0.05, 0) is 34.2 Å². The van der Waals surface area contributed by atoms with Crippen LogP contribution in [0.3, 0.4) is 0 Å². The van der Waals surface area contributed by atoms with Crippen LogP contribution in [0.15, 0.2) is 22.7 Å². The van der Waals surface area contributed by atoms with Crippen LogP contribution in [0.2, 0.25) is 0 Å². The third-order valence-corrected chi connectivity index (χ3v) is 4.98. The second-order valence-corrected chi connectivity index (χ2v) is 6.70. The minimum absolute atomic E-state index is 0.0579. The Balaban J connectivity index is 2.10. The zero-order chi connectivity index (χ0) is 16.7. The smallest absolute Gasteiger partial charge is 0.310 e. The molecule has 6 heteroatoms. The number of halogens is 4. The van der Waals surface area contributed by atoms with E-state index in [1.165, 1.54) is 0 Å². The van der Waals surface area contributed by atoms with Crippen molar-refractivity contribution in [3.05, 3.63) is 45.7 Å². The average molecular weight is 377 g/mol. The number of carbonyl (C=O) groups is 1. The molecule has 2 atom stereocenters. The van der Waals surface area contributed by atoms with E-state index in [0.29, 0.717) is 6.07 Å². The molecule has 120 valence electrons. The van der Waals surface area contributed by atoms with Gasteiger partial charge in [0.2, 0.25) is 0 Å². The van der Waals surface area contributed by atoms with Gasteiger partial charge in [-0.1, -0.05) is 26.0 Å². The maximum Gasteiger partial charge on any atom is 0.310 e. The molecule has 1 fully saturated rings. The summed E-state index contributed by atoms with van der Waals surface area (Å²) in [5, 5.41) is 0. The summed E-state index contributed by atoms with van der Waals surface area (Å²) in [5.74, 6) is -4.24. The van der Waals surface area contributed by atoms with E-state index in [2.05, 4.69) is 15.9 Å². The van der Waals surface area contributed by atoms with Crippen LogP contribution in [0.25, 0.3) is 0 Å². The lowest BCUT2D eigenvalue weighted by Crippen LogP contribution is -2.12. The molecular formula is C16H16BrF3O2. The van der Waals surface area contributed by atoms with Gasteiger partial charge >= 0.3 is 5.97 Å². The molecule has 0 N–H and O–H groups in total. The van der Waals surface area contributed by atoms with Crippen LogP contribution in [0.4, 0.5) is 13.2 Å². The number of esters is 1. The van der Waals surface area contributed by atoms with Gasteiger partial charge in [-0.3, -0.25) is 4.79 Å². The number of rotatable bonds is 4. The Morgan fingerprint density at radius 2 is 2.00 bits per heavy atom. The van der Waals surface area contributed by atoms with Crippen LogP contribution in [0.5, 0.6) is 0 Å². The SMILES string of the molecule is CC=C[C@@H]1[C@@H](C(=O)OCc2c(F)c(F)cc(F)c2Br)C1(C)C. The average Bonchev–Trinajstić information content (AvgIpc) is 2.98. The first kappa shape index (κ1) is 17.1. The van der Waals surface area contributed by atoms with Crippen molar-refractivity contribution >= 4 is 21.9 Å². The highest BCUT2D eigenvalue weighted by atomic mass is 79.9. The minimum atomic E-state index is -1.31. The summed E-state index contributed by atoms with van der Waals surface area (Å²) >= 11 is 2.84. The highest BCUT2D eigenvalue weighted by Gasteiger charge is 2.61.